The Bertz CT molecular complexity index is 382. The summed E-state index contributed by atoms with van der Waals surface area (Å²) >= 11 is 3.54. The lowest BCUT2D eigenvalue weighted by molar-refractivity contribution is -0.118. The van der Waals surface area contributed by atoms with E-state index in [1.165, 1.54) is 16.7 Å². The van der Waals surface area contributed by atoms with E-state index in [-0.39, 0.29) is 0 Å². The van der Waals surface area contributed by atoms with Gasteiger partial charge in [0, 0.05) is 17.3 Å². The fraction of sp³-hybridized carbons (Fsp3) is 0.417. The molecule has 0 bridgehead atoms. The van der Waals surface area contributed by atoms with E-state index in [1.54, 1.807) is 0 Å². The summed E-state index contributed by atoms with van der Waals surface area (Å²) in [4.78, 5) is 11.3. The van der Waals surface area contributed by atoms with Crippen molar-refractivity contribution in [2.45, 2.75) is 32.6 Å². The fourth-order valence-corrected chi connectivity index (χ4v) is 2.62. The molecule has 0 spiro atoms. The van der Waals surface area contributed by atoms with Crippen LogP contribution in [0.3, 0.4) is 0 Å². The van der Waals surface area contributed by atoms with Crippen LogP contribution in [0.5, 0.6) is 0 Å². The quantitative estimate of drug-likeness (QED) is 0.751. The van der Waals surface area contributed by atoms with Crippen molar-refractivity contribution in [3.8, 4) is 0 Å². The fourth-order valence-electron chi connectivity index (χ4n) is 1.95. The number of benzene rings is 1. The molecule has 1 aromatic carbocycles. The number of rotatable bonds is 1. The minimum Gasteiger partial charge on any atom is -0.299 e. The highest BCUT2D eigenvalue weighted by Crippen LogP contribution is 2.27. The molecule has 0 radical (unpaired) electrons. The van der Waals surface area contributed by atoms with Crippen molar-refractivity contribution in [3.05, 3.63) is 33.3 Å². The van der Waals surface area contributed by atoms with Crippen LogP contribution in [0.25, 0.3) is 0 Å². The van der Waals surface area contributed by atoms with Crippen LogP contribution in [0.1, 0.15) is 30.0 Å². The Balaban J connectivity index is 2.45. The number of fused-ring (bicyclic) bond motifs is 1. The molecule has 0 heterocycles. The molecular formula is C12H13BrO. The van der Waals surface area contributed by atoms with E-state index >= 15 is 0 Å². The number of halogens is 1. The zero-order valence-electron chi connectivity index (χ0n) is 8.27. The molecule has 0 fully saturated rings. The predicted octanol–water partition coefficient (Wildman–Crippen LogP) is 3.07. The maximum atomic E-state index is 11.3. The molecule has 2 rings (SSSR count). The standard InChI is InChI=1S/C12H13BrO/c1-2-8-5-9-3-4-11(14)6-10(9)7-12(8)13/h5,7H,2-4,6H2,1H3. The van der Waals surface area contributed by atoms with Crippen molar-refractivity contribution in [2.24, 2.45) is 0 Å². The molecule has 74 valence electrons. The average molecular weight is 253 g/mol. The van der Waals surface area contributed by atoms with Gasteiger partial charge in [0.1, 0.15) is 5.78 Å². The number of Topliss-reactive ketones (excluding diaryl/α,β-unsaturated/α-hetero) is 1. The average Bonchev–Trinajstić information content (AvgIpc) is 2.16. The lowest BCUT2D eigenvalue weighted by Crippen LogP contribution is -2.13. The maximum Gasteiger partial charge on any atom is 0.137 e. The first-order valence-corrected chi connectivity index (χ1v) is 5.82. The van der Waals surface area contributed by atoms with Crippen LogP contribution < -0.4 is 0 Å². The second-order valence-corrected chi connectivity index (χ2v) is 4.64. The summed E-state index contributed by atoms with van der Waals surface area (Å²) in [5.41, 5.74) is 3.92. The van der Waals surface area contributed by atoms with Gasteiger partial charge < -0.3 is 0 Å². The van der Waals surface area contributed by atoms with E-state index < -0.39 is 0 Å². The zero-order valence-corrected chi connectivity index (χ0v) is 9.86. The molecule has 0 unspecified atom stereocenters. The number of aryl methyl sites for hydroxylation is 2. The lowest BCUT2D eigenvalue weighted by atomic mass is 9.89. The van der Waals surface area contributed by atoms with Crippen LogP contribution in [0.2, 0.25) is 0 Å². The Hall–Kier alpha value is -0.630. The molecule has 0 amide bonds. The number of hydrogen-bond acceptors (Lipinski definition) is 1. The Morgan fingerprint density at radius 3 is 2.79 bits per heavy atom. The summed E-state index contributed by atoms with van der Waals surface area (Å²) in [5, 5.41) is 0. The summed E-state index contributed by atoms with van der Waals surface area (Å²) in [6.45, 7) is 2.15. The summed E-state index contributed by atoms with van der Waals surface area (Å²) in [5.74, 6) is 0.369. The monoisotopic (exact) mass is 252 g/mol. The van der Waals surface area contributed by atoms with Crippen LogP contribution in [0, 0.1) is 0 Å². The maximum absolute atomic E-state index is 11.3. The minimum absolute atomic E-state index is 0.369. The first kappa shape index (κ1) is 9.91. The smallest absolute Gasteiger partial charge is 0.137 e. The second kappa shape index (κ2) is 3.85. The van der Waals surface area contributed by atoms with Gasteiger partial charge in [0.05, 0.1) is 0 Å². The van der Waals surface area contributed by atoms with Gasteiger partial charge in [-0.15, -0.1) is 0 Å². The first-order chi connectivity index (χ1) is 6.70. The Kier molecular flexibility index (Phi) is 2.73. The van der Waals surface area contributed by atoms with E-state index in [0.29, 0.717) is 12.2 Å². The SMILES string of the molecule is CCc1cc2c(cc1Br)CC(=O)CC2. The third-order valence-electron chi connectivity index (χ3n) is 2.81. The molecule has 2 heteroatoms. The summed E-state index contributed by atoms with van der Waals surface area (Å²) in [6, 6.07) is 4.36. The molecule has 14 heavy (non-hydrogen) atoms. The van der Waals surface area contributed by atoms with E-state index in [0.717, 1.165) is 23.7 Å². The van der Waals surface area contributed by atoms with Gasteiger partial charge in [-0.3, -0.25) is 4.79 Å². The molecule has 0 saturated heterocycles. The molecule has 1 aliphatic carbocycles. The van der Waals surface area contributed by atoms with E-state index in [9.17, 15) is 4.79 Å². The molecule has 0 aromatic heterocycles. The number of carbonyl (C=O) groups is 1. The van der Waals surface area contributed by atoms with Crippen molar-refractivity contribution in [2.75, 3.05) is 0 Å². The van der Waals surface area contributed by atoms with Gasteiger partial charge >= 0.3 is 0 Å². The van der Waals surface area contributed by atoms with Gasteiger partial charge in [-0.05, 0) is 35.6 Å². The van der Waals surface area contributed by atoms with Gasteiger partial charge in [-0.1, -0.05) is 28.9 Å². The molecule has 0 aliphatic heterocycles. The summed E-state index contributed by atoms with van der Waals surface area (Å²) < 4.78 is 1.15. The van der Waals surface area contributed by atoms with Crippen molar-refractivity contribution in [3.63, 3.8) is 0 Å². The van der Waals surface area contributed by atoms with Crippen LogP contribution in [0.15, 0.2) is 16.6 Å². The first-order valence-electron chi connectivity index (χ1n) is 5.02. The normalized spacial score (nSPS) is 15.4. The predicted molar refractivity (Wildman–Crippen MR) is 60.6 cm³/mol. The van der Waals surface area contributed by atoms with Crippen LogP contribution in [0.4, 0.5) is 0 Å². The van der Waals surface area contributed by atoms with Crippen molar-refractivity contribution >= 4 is 21.7 Å². The molecule has 1 aliphatic rings. The highest BCUT2D eigenvalue weighted by molar-refractivity contribution is 9.10. The summed E-state index contributed by atoms with van der Waals surface area (Å²) in [7, 11) is 0. The highest BCUT2D eigenvalue weighted by Gasteiger charge is 2.16. The van der Waals surface area contributed by atoms with Crippen LogP contribution >= 0.6 is 15.9 Å². The second-order valence-electron chi connectivity index (χ2n) is 3.78. The largest absolute Gasteiger partial charge is 0.299 e. The third kappa shape index (κ3) is 1.76. The van der Waals surface area contributed by atoms with E-state index in [4.69, 9.17) is 0 Å². The van der Waals surface area contributed by atoms with Gasteiger partial charge in [0.15, 0.2) is 0 Å². The topological polar surface area (TPSA) is 17.1 Å². The van der Waals surface area contributed by atoms with Gasteiger partial charge in [0.25, 0.3) is 0 Å². The van der Waals surface area contributed by atoms with E-state index in [1.807, 2.05) is 0 Å². The molecule has 0 N–H and O–H groups in total. The molecule has 1 aromatic rings. The highest BCUT2D eigenvalue weighted by atomic mass is 79.9. The molecule has 0 atom stereocenters. The minimum atomic E-state index is 0.369. The van der Waals surface area contributed by atoms with Crippen molar-refractivity contribution < 1.29 is 4.79 Å². The number of carbonyl (C=O) groups excluding carboxylic acids is 1. The molecule has 1 nitrogen and oxygen atoms in total. The van der Waals surface area contributed by atoms with Gasteiger partial charge in [-0.25, -0.2) is 0 Å². The molecular weight excluding hydrogens is 240 g/mol. The Morgan fingerprint density at radius 2 is 2.07 bits per heavy atom. The number of hydrogen-bond donors (Lipinski definition) is 0. The van der Waals surface area contributed by atoms with Crippen LogP contribution in [-0.4, -0.2) is 5.78 Å². The molecule has 0 saturated carbocycles. The van der Waals surface area contributed by atoms with Crippen molar-refractivity contribution in [1.29, 1.82) is 0 Å². The van der Waals surface area contributed by atoms with Crippen LogP contribution in [-0.2, 0) is 24.1 Å². The van der Waals surface area contributed by atoms with Crippen molar-refractivity contribution in [1.82, 2.24) is 0 Å². The van der Waals surface area contributed by atoms with E-state index in [2.05, 4.69) is 35.0 Å². The Labute approximate surface area is 92.6 Å². The summed E-state index contributed by atoms with van der Waals surface area (Å²) in [6.07, 6.45) is 3.31. The van der Waals surface area contributed by atoms with Gasteiger partial charge in [0.2, 0.25) is 0 Å². The lowest BCUT2D eigenvalue weighted by Gasteiger charge is -2.16. The zero-order chi connectivity index (χ0) is 10.1. The van der Waals surface area contributed by atoms with Gasteiger partial charge in [-0.2, -0.15) is 0 Å². The third-order valence-corrected chi connectivity index (χ3v) is 3.55. The number of ketones is 1. The Morgan fingerprint density at radius 1 is 1.29 bits per heavy atom.